The second-order valence-corrected chi connectivity index (χ2v) is 3.79. The van der Waals surface area contributed by atoms with E-state index >= 15 is 0 Å². The normalized spacial score (nSPS) is 12.4. The summed E-state index contributed by atoms with van der Waals surface area (Å²) in [6.45, 7) is 3.46. The van der Waals surface area contributed by atoms with E-state index in [9.17, 15) is 9.59 Å². The molecular formula is C10H14N2O4. The van der Waals surface area contributed by atoms with Crippen molar-refractivity contribution in [3.8, 4) is 0 Å². The predicted molar refractivity (Wildman–Crippen MR) is 54.6 cm³/mol. The Bertz CT molecular complexity index is 359. The molecule has 0 fully saturated rings. The van der Waals surface area contributed by atoms with Crippen LogP contribution in [0.2, 0.25) is 0 Å². The fourth-order valence-electron chi connectivity index (χ4n) is 1.23. The van der Waals surface area contributed by atoms with E-state index in [4.69, 9.17) is 5.11 Å². The molecule has 6 heteroatoms. The van der Waals surface area contributed by atoms with E-state index in [-0.39, 0.29) is 18.2 Å². The van der Waals surface area contributed by atoms with Crippen molar-refractivity contribution in [3.05, 3.63) is 18.0 Å². The van der Waals surface area contributed by atoms with Crippen molar-refractivity contribution in [1.29, 1.82) is 0 Å². The maximum absolute atomic E-state index is 11.5. The van der Waals surface area contributed by atoms with Gasteiger partial charge in [0, 0.05) is 6.07 Å². The van der Waals surface area contributed by atoms with Gasteiger partial charge >= 0.3 is 5.97 Å². The molecular weight excluding hydrogens is 212 g/mol. The molecule has 0 unspecified atom stereocenters. The van der Waals surface area contributed by atoms with Gasteiger partial charge in [-0.25, -0.2) is 4.79 Å². The fraction of sp³-hybridized carbons (Fsp3) is 0.500. The third-order valence-corrected chi connectivity index (χ3v) is 2.08. The Hall–Kier alpha value is -1.85. The Morgan fingerprint density at radius 1 is 1.56 bits per heavy atom. The summed E-state index contributed by atoms with van der Waals surface area (Å²) in [5.74, 6) is -1.59. The molecule has 0 saturated heterocycles. The maximum Gasteiger partial charge on any atom is 0.326 e. The number of amides is 1. The number of aliphatic carboxylic acids is 1. The van der Waals surface area contributed by atoms with Crippen molar-refractivity contribution >= 4 is 11.9 Å². The molecule has 0 aromatic carbocycles. The van der Waals surface area contributed by atoms with Gasteiger partial charge in [0.15, 0.2) is 0 Å². The van der Waals surface area contributed by atoms with Crippen LogP contribution in [-0.4, -0.2) is 28.2 Å². The number of hydrogen-bond acceptors (Lipinski definition) is 4. The molecule has 0 radical (unpaired) electrons. The Balaban J connectivity index is 2.52. The third-order valence-electron chi connectivity index (χ3n) is 2.08. The largest absolute Gasteiger partial charge is 0.480 e. The first-order valence-electron chi connectivity index (χ1n) is 4.92. The first-order chi connectivity index (χ1) is 7.50. The summed E-state index contributed by atoms with van der Waals surface area (Å²) in [7, 11) is 0. The summed E-state index contributed by atoms with van der Waals surface area (Å²) in [4.78, 5) is 22.3. The molecule has 0 aliphatic carbocycles. The number of rotatable bonds is 5. The summed E-state index contributed by atoms with van der Waals surface area (Å²) >= 11 is 0. The Morgan fingerprint density at radius 3 is 2.69 bits per heavy atom. The first kappa shape index (κ1) is 12.2. The minimum Gasteiger partial charge on any atom is -0.480 e. The van der Waals surface area contributed by atoms with Gasteiger partial charge in [-0.2, -0.15) is 0 Å². The van der Waals surface area contributed by atoms with Crippen molar-refractivity contribution in [2.45, 2.75) is 26.3 Å². The minimum absolute atomic E-state index is 0.0208. The van der Waals surface area contributed by atoms with E-state index < -0.39 is 12.0 Å². The average molecular weight is 226 g/mol. The zero-order valence-electron chi connectivity index (χ0n) is 9.14. The molecule has 1 amide bonds. The van der Waals surface area contributed by atoms with Gasteiger partial charge in [0.1, 0.15) is 12.3 Å². The van der Waals surface area contributed by atoms with Crippen LogP contribution in [-0.2, 0) is 16.0 Å². The SMILES string of the molecule is CC(C)[C@@H](NC(=O)Cc1ccon1)C(=O)O. The van der Waals surface area contributed by atoms with Crippen LogP contribution in [0.1, 0.15) is 19.5 Å². The van der Waals surface area contributed by atoms with E-state index in [0.717, 1.165) is 0 Å². The lowest BCUT2D eigenvalue weighted by Crippen LogP contribution is -2.44. The Morgan fingerprint density at radius 2 is 2.25 bits per heavy atom. The van der Waals surface area contributed by atoms with Crippen LogP contribution in [0.4, 0.5) is 0 Å². The second-order valence-electron chi connectivity index (χ2n) is 3.79. The molecule has 1 aromatic rings. The standard InChI is InChI=1S/C10H14N2O4/c1-6(2)9(10(14)15)11-8(13)5-7-3-4-16-12-7/h3-4,6,9H,5H2,1-2H3,(H,11,13)(H,14,15)/t9-/m1/s1. The van der Waals surface area contributed by atoms with Gasteiger partial charge in [-0.05, 0) is 5.92 Å². The second kappa shape index (κ2) is 5.29. The lowest BCUT2D eigenvalue weighted by atomic mass is 10.0. The van der Waals surface area contributed by atoms with Gasteiger partial charge in [-0.3, -0.25) is 4.79 Å². The Labute approximate surface area is 92.6 Å². The number of carbonyl (C=O) groups is 2. The molecule has 0 aliphatic heterocycles. The van der Waals surface area contributed by atoms with E-state index in [0.29, 0.717) is 5.69 Å². The van der Waals surface area contributed by atoms with E-state index in [1.807, 2.05) is 0 Å². The molecule has 2 N–H and O–H groups in total. The summed E-state index contributed by atoms with van der Waals surface area (Å²) < 4.78 is 4.57. The summed E-state index contributed by atoms with van der Waals surface area (Å²) in [5, 5.41) is 14.9. The highest BCUT2D eigenvalue weighted by molar-refractivity contribution is 5.84. The third kappa shape index (κ3) is 3.38. The zero-order chi connectivity index (χ0) is 12.1. The molecule has 16 heavy (non-hydrogen) atoms. The molecule has 0 bridgehead atoms. The van der Waals surface area contributed by atoms with Crippen LogP contribution >= 0.6 is 0 Å². The number of nitrogens with one attached hydrogen (secondary N) is 1. The average Bonchev–Trinajstić information content (AvgIpc) is 2.65. The zero-order valence-corrected chi connectivity index (χ0v) is 9.14. The van der Waals surface area contributed by atoms with Crippen LogP contribution in [0.25, 0.3) is 0 Å². The lowest BCUT2D eigenvalue weighted by Gasteiger charge is -2.17. The van der Waals surface area contributed by atoms with Crippen LogP contribution < -0.4 is 5.32 Å². The maximum atomic E-state index is 11.5. The van der Waals surface area contributed by atoms with Gasteiger partial charge in [-0.15, -0.1) is 0 Å². The molecule has 6 nitrogen and oxygen atoms in total. The quantitative estimate of drug-likeness (QED) is 0.760. The van der Waals surface area contributed by atoms with Gasteiger partial charge in [0.05, 0.1) is 12.1 Å². The molecule has 0 spiro atoms. The van der Waals surface area contributed by atoms with Crippen molar-refractivity contribution < 1.29 is 19.2 Å². The van der Waals surface area contributed by atoms with Gasteiger partial charge in [0.2, 0.25) is 5.91 Å². The van der Waals surface area contributed by atoms with Crippen LogP contribution in [0.5, 0.6) is 0 Å². The highest BCUT2D eigenvalue weighted by Gasteiger charge is 2.23. The Kier molecular flexibility index (Phi) is 4.04. The highest BCUT2D eigenvalue weighted by atomic mass is 16.5. The highest BCUT2D eigenvalue weighted by Crippen LogP contribution is 2.03. The summed E-state index contributed by atoms with van der Waals surface area (Å²) in [6.07, 6.45) is 1.38. The molecule has 1 heterocycles. The first-order valence-corrected chi connectivity index (χ1v) is 4.92. The number of hydrogen-bond donors (Lipinski definition) is 2. The summed E-state index contributed by atoms with van der Waals surface area (Å²) in [6, 6.07) is 0.685. The molecule has 1 atom stereocenters. The number of carboxylic acid groups (broad SMARTS) is 1. The monoisotopic (exact) mass is 226 g/mol. The van der Waals surface area contributed by atoms with Crippen molar-refractivity contribution in [2.24, 2.45) is 5.92 Å². The van der Waals surface area contributed by atoms with Gasteiger partial charge in [-0.1, -0.05) is 19.0 Å². The lowest BCUT2D eigenvalue weighted by molar-refractivity contribution is -0.143. The van der Waals surface area contributed by atoms with Crippen molar-refractivity contribution in [2.75, 3.05) is 0 Å². The molecule has 0 aliphatic rings. The molecule has 1 aromatic heterocycles. The van der Waals surface area contributed by atoms with Gasteiger partial charge in [0.25, 0.3) is 0 Å². The van der Waals surface area contributed by atoms with Gasteiger partial charge < -0.3 is 14.9 Å². The minimum atomic E-state index is -1.04. The number of nitrogens with zero attached hydrogens (tertiary/aromatic N) is 1. The van der Waals surface area contributed by atoms with Crippen LogP contribution in [0, 0.1) is 5.92 Å². The molecule has 88 valence electrons. The fourth-order valence-corrected chi connectivity index (χ4v) is 1.23. The van der Waals surface area contributed by atoms with Crippen LogP contribution in [0.15, 0.2) is 16.9 Å². The van der Waals surface area contributed by atoms with Crippen molar-refractivity contribution in [3.63, 3.8) is 0 Å². The number of aromatic nitrogens is 1. The number of carboxylic acids is 1. The predicted octanol–water partition coefficient (Wildman–Crippen LogP) is 0.442. The number of carbonyl (C=O) groups excluding carboxylic acids is 1. The smallest absolute Gasteiger partial charge is 0.326 e. The molecule has 0 saturated carbocycles. The molecule has 1 rings (SSSR count). The van der Waals surface area contributed by atoms with Crippen molar-refractivity contribution in [1.82, 2.24) is 10.5 Å². The van der Waals surface area contributed by atoms with E-state index in [1.54, 1.807) is 19.9 Å². The van der Waals surface area contributed by atoms with E-state index in [2.05, 4.69) is 15.0 Å². The van der Waals surface area contributed by atoms with E-state index in [1.165, 1.54) is 6.26 Å². The topological polar surface area (TPSA) is 92.4 Å². The summed E-state index contributed by atoms with van der Waals surface area (Å²) in [5.41, 5.74) is 0.477. The van der Waals surface area contributed by atoms with Crippen LogP contribution in [0.3, 0.4) is 0 Å².